The molecule has 5 rings (SSSR count). The van der Waals surface area contributed by atoms with E-state index in [4.69, 9.17) is 16.3 Å². The molecule has 2 N–H and O–H groups in total. The zero-order valence-corrected chi connectivity index (χ0v) is 18.0. The Labute approximate surface area is 188 Å². The summed E-state index contributed by atoms with van der Waals surface area (Å²) in [7, 11) is 0. The van der Waals surface area contributed by atoms with Gasteiger partial charge in [0, 0.05) is 18.0 Å². The van der Waals surface area contributed by atoms with Crippen molar-refractivity contribution in [2.45, 2.75) is 18.9 Å². The number of ether oxygens (including phenoxy) is 1. The van der Waals surface area contributed by atoms with Gasteiger partial charge >= 0.3 is 0 Å². The van der Waals surface area contributed by atoms with Gasteiger partial charge in [0.25, 0.3) is 0 Å². The largest absolute Gasteiger partial charge is 0.437 e. The van der Waals surface area contributed by atoms with Gasteiger partial charge in [-0.05, 0) is 49.7 Å². The van der Waals surface area contributed by atoms with Gasteiger partial charge < -0.3 is 15.4 Å². The van der Waals surface area contributed by atoms with Crippen molar-refractivity contribution in [3.8, 4) is 23.5 Å². The first-order valence-electron chi connectivity index (χ1n) is 9.89. The Morgan fingerprint density at radius 3 is 2.94 bits per heavy atom. The topological polar surface area (TPSA) is 72.0 Å². The smallest absolute Gasteiger partial charge is 0.219 e. The lowest BCUT2D eigenvalue weighted by Crippen LogP contribution is -2.18. The molecule has 1 atom stereocenters. The number of thiophene rings is 1. The molecule has 1 aliphatic rings. The van der Waals surface area contributed by atoms with Crippen LogP contribution in [-0.2, 0) is 0 Å². The number of halogens is 1. The molecule has 1 fully saturated rings. The molecule has 0 radical (unpaired) electrons. The molecule has 0 aliphatic carbocycles. The highest BCUT2D eigenvalue weighted by Gasteiger charge is 2.12. The van der Waals surface area contributed by atoms with E-state index in [1.165, 1.54) is 6.42 Å². The van der Waals surface area contributed by atoms with E-state index >= 15 is 0 Å². The Balaban J connectivity index is 1.36. The second-order valence-electron chi connectivity index (χ2n) is 7.01. The summed E-state index contributed by atoms with van der Waals surface area (Å²) in [6.45, 7) is 1.04. The summed E-state index contributed by atoms with van der Waals surface area (Å²) >= 11 is 7.99. The first-order chi connectivity index (χ1) is 15.2. The fraction of sp³-hybridized carbons (Fsp3) is 0.174. The van der Waals surface area contributed by atoms with Gasteiger partial charge in [-0.1, -0.05) is 29.5 Å². The number of pyridine rings is 1. The number of hydrogen-bond acceptors (Lipinski definition) is 7. The second kappa shape index (κ2) is 8.90. The highest BCUT2D eigenvalue weighted by atomic mass is 35.5. The first kappa shape index (κ1) is 19.8. The Bertz CT molecular complexity index is 1280. The molecule has 3 aromatic heterocycles. The molecule has 1 saturated heterocycles. The lowest BCUT2D eigenvalue weighted by atomic mass is 10.2. The third-order valence-corrected chi connectivity index (χ3v) is 6.06. The number of fused-ring (bicyclic) bond motifs is 1. The van der Waals surface area contributed by atoms with Crippen LogP contribution in [0.15, 0.2) is 55.0 Å². The summed E-state index contributed by atoms with van der Waals surface area (Å²) in [5.41, 5.74) is 0.798. The van der Waals surface area contributed by atoms with Crippen molar-refractivity contribution in [3.63, 3.8) is 0 Å². The predicted octanol–water partition coefficient (Wildman–Crippen LogP) is 5.38. The van der Waals surface area contributed by atoms with E-state index in [0.717, 1.165) is 33.7 Å². The monoisotopic (exact) mass is 447 g/mol. The van der Waals surface area contributed by atoms with Crippen LogP contribution in [-0.4, -0.2) is 27.5 Å². The summed E-state index contributed by atoms with van der Waals surface area (Å²) in [6, 6.07) is 13.3. The summed E-state index contributed by atoms with van der Waals surface area (Å²) < 4.78 is 5.74. The van der Waals surface area contributed by atoms with Gasteiger partial charge in [-0.3, -0.25) is 0 Å². The van der Waals surface area contributed by atoms with Crippen molar-refractivity contribution >= 4 is 44.7 Å². The summed E-state index contributed by atoms with van der Waals surface area (Å²) in [6.07, 6.45) is 5.51. The van der Waals surface area contributed by atoms with Crippen LogP contribution >= 0.6 is 22.9 Å². The molecule has 6 nitrogen and oxygen atoms in total. The van der Waals surface area contributed by atoms with E-state index < -0.39 is 0 Å². The van der Waals surface area contributed by atoms with Crippen LogP contribution in [0.2, 0.25) is 5.02 Å². The molecule has 0 bridgehead atoms. The zero-order chi connectivity index (χ0) is 21.0. The summed E-state index contributed by atoms with van der Waals surface area (Å²) in [5, 5.41) is 8.13. The van der Waals surface area contributed by atoms with Gasteiger partial charge in [-0.25, -0.2) is 15.0 Å². The number of aromatic nitrogens is 3. The zero-order valence-electron chi connectivity index (χ0n) is 16.4. The number of nitrogens with zero attached hydrogens (tertiary/aromatic N) is 3. The summed E-state index contributed by atoms with van der Waals surface area (Å²) in [4.78, 5) is 14.8. The van der Waals surface area contributed by atoms with Crippen LogP contribution in [0.5, 0.6) is 11.6 Å². The lowest BCUT2D eigenvalue weighted by molar-refractivity contribution is 0.463. The molecule has 0 amide bonds. The van der Waals surface area contributed by atoms with Crippen LogP contribution in [0.25, 0.3) is 10.2 Å². The Morgan fingerprint density at radius 2 is 2.13 bits per heavy atom. The minimum absolute atomic E-state index is 0.280. The summed E-state index contributed by atoms with van der Waals surface area (Å²) in [5.74, 6) is 8.31. The molecule has 1 aliphatic heterocycles. The van der Waals surface area contributed by atoms with Crippen molar-refractivity contribution in [2.24, 2.45) is 0 Å². The van der Waals surface area contributed by atoms with E-state index in [1.54, 1.807) is 42.1 Å². The highest BCUT2D eigenvalue weighted by molar-refractivity contribution is 7.19. The van der Waals surface area contributed by atoms with Crippen LogP contribution in [0, 0.1) is 11.8 Å². The van der Waals surface area contributed by atoms with Crippen molar-refractivity contribution in [3.05, 3.63) is 64.9 Å². The van der Waals surface area contributed by atoms with Crippen molar-refractivity contribution < 1.29 is 4.74 Å². The van der Waals surface area contributed by atoms with Crippen molar-refractivity contribution in [1.29, 1.82) is 0 Å². The molecular formula is C23H18ClN5OS. The minimum Gasteiger partial charge on any atom is -0.437 e. The van der Waals surface area contributed by atoms with E-state index in [-0.39, 0.29) is 6.04 Å². The molecule has 1 aromatic carbocycles. The molecule has 31 heavy (non-hydrogen) atoms. The van der Waals surface area contributed by atoms with E-state index in [9.17, 15) is 0 Å². The molecule has 4 aromatic rings. The average Bonchev–Trinajstić information content (AvgIpc) is 3.45. The third kappa shape index (κ3) is 4.62. The Hall–Kier alpha value is -3.18. The second-order valence-corrected chi connectivity index (χ2v) is 8.45. The van der Waals surface area contributed by atoms with Gasteiger partial charge in [0.1, 0.15) is 22.7 Å². The minimum atomic E-state index is 0.280. The van der Waals surface area contributed by atoms with Crippen LogP contribution in [0.3, 0.4) is 0 Å². The van der Waals surface area contributed by atoms with Crippen LogP contribution in [0.1, 0.15) is 17.7 Å². The fourth-order valence-corrected chi connectivity index (χ4v) is 4.38. The maximum Gasteiger partial charge on any atom is 0.219 e. The number of anilines is 2. The van der Waals surface area contributed by atoms with Gasteiger partial charge in [0.05, 0.1) is 21.3 Å². The first-order valence-corrected chi connectivity index (χ1v) is 11.1. The SMILES string of the molecule is Clc1cc(Nc2ncnc3sc(C#C[C@H]4CCCN4)cc23)ccc1Oc1ccccn1. The van der Waals surface area contributed by atoms with E-state index in [1.807, 2.05) is 24.3 Å². The quantitative estimate of drug-likeness (QED) is 0.409. The third-order valence-electron chi connectivity index (χ3n) is 4.81. The molecule has 0 spiro atoms. The maximum absolute atomic E-state index is 6.42. The normalized spacial score (nSPS) is 15.5. The number of rotatable bonds is 4. The van der Waals surface area contributed by atoms with Gasteiger partial charge in [-0.15, -0.1) is 11.3 Å². The van der Waals surface area contributed by atoms with E-state index in [0.29, 0.717) is 22.5 Å². The van der Waals surface area contributed by atoms with Crippen LogP contribution in [0.4, 0.5) is 11.5 Å². The average molecular weight is 448 g/mol. The van der Waals surface area contributed by atoms with Crippen LogP contribution < -0.4 is 15.4 Å². The highest BCUT2D eigenvalue weighted by Crippen LogP contribution is 2.34. The Kier molecular flexibility index (Phi) is 5.67. The number of benzene rings is 1. The maximum atomic E-state index is 6.42. The van der Waals surface area contributed by atoms with Gasteiger partial charge in [0.15, 0.2) is 0 Å². The van der Waals surface area contributed by atoms with E-state index in [2.05, 4.69) is 37.4 Å². The fourth-order valence-electron chi connectivity index (χ4n) is 3.30. The van der Waals surface area contributed by atoms with Gasteiger partial charge in [-0.2, -0.15) is 0 Å². The Morgan fingerprint density at radius 1 is 1.16 bits per heavy atom. The number of nitrogens with one attached hydrogen (secondary N) is 2. The van der Waals surface area contributed by atoms with Crippen molar-refractivity contribution in [1.82, 2.24) is 20.3 Å². The van der Waals surface area contributed by atoms with Gasteiger partial charge in [0.2, 0.25) is 5.88 Å². The predicted molar refractivity (Wildman–Crippen MR) is 124 cm³/mol. The molecule has 0 saturated carbocycles. The molecule has 8 heteroatoms. The number of hydrogen-bond donors (Lipinski definition) is 2. The lowest BCUT2D eigenvalue weighted by Gasteiger charge is -2.10. The molecular weight excluding hydrogens is 430 g/mol. The molecule has 154 valence electrons. The molecule has 4 heterocycles. The standard InChI is InChI=1S/C23H18ClN5OS/c24-19-12-16(7-9-20(19)30-21-5-1-2-10-26-21)29-22-18-13-17(31-23(18)28-14-27-22)8-6-15-4-3-11-25-15/h1-2,5,7,9-10,12-15,25H,3-4,11H2,(H,27,28,29)/t15-/m1/s1. The van der Waals surface area contributed by atoms with Crippen molar-refractivity contribution in [2.75, 3.05) is 11.9 Å². The molecule has 0 unspecified atom stereocenters.